The highest BCUT2D eigenvalue weighted by atomic mass is 16.7. The summed E-state index contributed by atoms with van der Waals surface area (Å²) in [5.74, 6) is -2.58. The summed E-state index contributed by atoms with van der Waals surface area (Å²) < 4.78 is 36.6. The number of carbonyl (C=O) groups is 4. The molecule has 2 aromatic rings. The Hall–Kier alpha value is -3.93. The lowest BCUT2D eigenvalue weighted by Crippen LogP contribution is -2.58. The minimum absolute atomic E-state index is 0.0252. The third kappa shape index (κ3) is 3.57. The minimum Gasteiger partial charge on any atom is -0.483 e. The molecule has 4 heterocycles. The van der Waals surface area contributed by atoms with E-state index in [0.717, 1.165) is 0 Å². The quantitative estimate of drug-likeness (QED) is 0.270. The lowest BCUT2D eigenvalue weighted by molar-refractivity contribution is -0.217. The molecule has 1 aromatic heterocycles. The second kappa shape index (κ2) is 9.40. The van der Waals surface area contributed by atoms with Crippen molar-refractivity contribution in [2.45, 2.75) is 124 Å². The highest BCUT2D eigenvalue weighted by molar-refractivity contribution is 5.95. The van der Waals surface area contributed by atoms with Crippen LogP contribution in [0, 0.1) is 28.6 Å². The predicted octanol–water partition coefficient (Wildman–Crippen LogP) is 4.50. The average Bonchev–Trinajstić information content (AvgIpc) is 3.46. The van der Waals surface area contributed by atoms with E-state index >= 15 is 0 Å². The lowest BCUT2D eigenvalue weighted by Gasteiger charge is -2.46. The summed E-state index contributed by atoms with van der Waals surface area (Å²) in [5, 5.41) is 10.9. The van der Waals surface area contributed by atoms with Crippen molar-refractivity contribution in [3.8, 4) is 5.75 Å². The van der Waals surface area contributed by atoms with Crippen LogP contribution in [-0.2, 0) is 44.7 Å². The largest absolute Gasteiger partial charge is 0.483 e. The Kier molecular flexibility index (Phi) is 6.38. The van der Waals surface area contributed by atoms with E-state index in [1.165, 1.54) is 6.07 Å². The molecule has 0 radical (unpaired) electrons. The zero-order valence-electron chi connectivity index (χ0n) is 28.8. The van der Waals surface area contributed by atoms with Crippen LogP contribution >= 0.6 is 0 Å². The Bertz CT molecular complexity index is 1900. The summed E-state index contributed by atoms with van der Waals surface area (Å²) in [5.41, 5.74) is -8.14. The van der Waals surface area contributed by atoms with Gasteiger partial charge >= 0.3 is 29.5 Å². The Balaban J connectivity index is 1.41. The molecule has 1 N–H and O–H groups in total. The number of aliphatic hydroxyl groups is 1. The van der Waals surface area contributed by atoms with Crippen molar-refractivity contribution >= 4 is 34.8 Å². The van der Waals surface area contributed by atoms with Crippen LogP contribution in [0.2, 0.25) is 0 Å². The zero-order valence-corrected chi connectivity index (χ0v) is 28.8. The monoisotopic (exact) mass is 666 g/mol. The van der Waals surface area contributed by atoms with Crippen molar-refractivity contribution < 1.29 is 52.4 Å². The number of aryl methyl sites for hydroxylation is 1. The number of rotatable bonds is 5. The van der Waals surface area contributed by atoms with Gasteiger partial charge in [-0.1, -0.05) is 27.7 Å². The molecule has 6 atom stereocenters. The zero-order chi connectivity index (χ0) is 35.2. The first-order valence-electron chi connectivity index (χ1n) is 16.4. The number of fused-ring (bicyclic) bond motifs is 7. The first-order valence-corrected chi connectivity index (χ1v) is 16.4. The molecule has 5 aliphatic rings. The van der Waals surface area contributed by atoms with Gasteiger partial charge in [0.1, 0.15) is 16.9 Å². The van der Waals surface area contributed by atoms with Gasteiger partial charge in [0.25, 0.3) is 0 Å². The summed E-state index contributed by atoms with van der Waals surface area (Å²) in [6.07, 6.45) is -1.60. The molecule has 1 aromatic carbocycles. The van der Waals surface area contributed by atoms with E-state index < -0.39 is 86.8 Å². The highest BCUT2D eigenvalue weighted by Gasteiger charge is 2.78. The van der Waals surface area contributed by atoms with E-state index in [0.29, 0.717) is 29.4 Å². The number of hydrogen-bond donors (Lipinski definition) is 1. The first kappa shape index (κ1) is 32.6. The van der Waals surface area contributed by atoms with Crippen LogP contribution in [0.15, 0.2) is 21.3 Å². The van der Waals surface area contributed by atoms with Crippen molar-refractivity contribution in [3.05, 3.63) is 39.2 Å². The van der Waals surface area contributed by atoms with Crippen molar-refractivity contribution in [1.29, 1.82) is 0 Å². The number of esters is 4. The van der Waals surface area contributed by atoms with Crippen LogP contribution in [0.5, 0.6) is 5.75 Å². The molecule has 7 rings (SSSR count). The second-order valence-corrected chi connectivity index (χ2v) is 16.3. The minimum atomic E-state index is -1.65. The summed E-state index contributed by atoms with van der Waals surface area (Å²) in [6.45, 7) is 15.2. The Morgan fingerprint density at radius 1 is 0.792 bits per heavy atom. The molecule has 2 saturated carbocycles. The Morgan fingerprint density at radius 3 is 1.77 bits per heavy atom. The van der Waals surface area contributed by atoms with Gasteiger partial charge in [0.15, 0.2) is 12.2 Å². The van der Waals surface area contributed by atoms with Crippen LogP contribution < -0.4 is 10.4 Å². The van der Waals surface area contributed by atoms with Gasteiger partial charge in [-0.3, -0.25) is 9.59 Å². The van der Waals surface area contributed by atoms with Crippen molar-refractivity contribution in [3.63, 3.8) is 0 Å². The van der Waals surface area contributed by atoms with E-state index in [2.05, 4.69) is 0 Å². The maximum Gasteiger partial charge on any atom is 0.351 e. The van der Waals surface area contributed by atoms with Gasteiger partial charge in [-0.25, -0.2) is 14.4 Å². The number of ether oxygens (including phenoxy) is 5. The van der Waals surface area contributed by atoms with E-state index in [1.54, 1.807) is 68.4 Å². The molecule has 12 heteroatoms. The fraction of sp³-hybridized carbons (Fsp3) is 0.639. The fourth-order valence-corrected chi connectivity index (χ4v) is 9.00. The highest BCUT2D eigenvalue weighted by Crippen LogP contribution is 2.67. The van der Waals surface area contributed by atoms with Crippen LogP contribution in [0.4, 0.5) is 0 Å². The normalized spacial score (nSPS) is 36.3. The molecule has 2 aliphatic carbocycles. The molecule has 0 amide bonds. The molecule has 12 nitrogen and oxygen atoms in total. The van der Waals surface area contributed by atoms with Gasteiger partial charge in [-0.05, 0) is 71.9 Å². The van der Waals surface area contributed by atoms with E-state index in [4.69, 9.17) is 28.1 Å². The summed E-state index contributed by atoms with van der Waals surface area (Å²) >= 11 is 0. The molecule has 0 spiro atoms. The molecule has 48 heavy (non-hydrogen) atoms. The summed E-state index contributed by atoms with van der Waals surface area (Å²) in [7, 11) is 0. The van der Waals surface area contributed by atoms with Crippen LogP contribution in [0.1, 0.15) is 104 Å². The molecule has 3 aliphatic heterocycles. The van der Waals surface area contributed by atoms with Gasteiger partial charge in [-0.15, -0.1) is 0 Å². The molecule has 0 unspecified atom stereocenters. The maximum atomic E-state index is 14.6. The third-order valence-electron chi connectivity index (χ3n) is 13.4. The topological polar surface area (TPSA) is 165 Å². The lowest BCUT2D eigenvalue weighted by atomic mass is 9.66. The molecule has 258 valence electrons. The number of hydrogen-bond acceptors (Lipinski definition) is 12. The standard InChI is InChI=1S/C36H42O12/c1-17-14-20(38)43-23-19(17)15-18(16-37)22-21(23)24(44-28(41)35-12-10-33(8,26(39)47-35)31(35,4)5)25(30(2,3)46-22)45-29(42)36-13-11-34(9,27(40)48-36)32(36,6)7/h14-15,24-25,37H,10-13,16H2,1-9H3/t24-,25-,33+,34+,35-,36-/m1/s1. The van der Waals surface area contributed by atoms with Gasteiger partial charge in [-0.2, -0.15) is 0 Å². The van der Waals surface area contributed by atoms with E-state index in [1.807, 2.05) is 0 Å². The molecule has 4 fully saturated rings. The van der Waals surface area contributed by atoms with Gasteiger partial charge in [0.2, 0.25) is 11.2 Å². The van der Waals surface area contributed by atoms with Gasteiger partial charge in [0.05, 0.1) is 23.0 Å². The SMILES string of the molecule is Cc1cc(=O)oc2c3c(c(CO)cc12)OC(C)(C)[C@H](OC(=O)[C@@]12CC[C@@](C)(C(=O)O1)C2(C)C)[C@@H]3OC(=O)[C@@]12CC[C@@](C)(C(=O)O1)C2(C)C. The molecule has 4 bridgehead atoms. The van der Waals surface area contributed by atoms with Crippen molar-refractivity contribution in [1.82, 2.24) is 0 Å². The van der Waals surface area contributed by atoms with Gasteiger partial charge in [0, 0.05) is 27.8 Å². The maximum absolute atomic E-state index is 14.6. The fourth-order valence-electron chi connectivity index (χ4n) is 9.00. The smallest absolute Gasteiger partial charge is 0.351 e. The van der Waals surface area contributed by atoms with Crippen LogP contribution in [-0.4, -0.2) is 51.9 Å². The average molecular weight is 667 g/mol. The molecule has 2 saturated heterocycles. The Morgan fingerprint density at radius 2 is 1.31 bits per heavy atom. The van der Waals surface area contributed by atoms with Gasteiger partial charge < -0.3 is 33.2 Å². The van der Waals surface area contributed by atoms with Crippen LogP contribution in [0.3, 0.4) is 0 Å². The number of benzene rings is 1. The predicted molar refractivity (Wildman–Crippen MR) is 166 cm³/mol. The molecular weight excluding hydrogens is 624 g/mol. The summed E-state index contributed by atoms with van der Waals surface area (Å²) in [4.78, 5) is 67.9. The van der Waals surface area contributed by atoms with Crippen molar-refractivity contribution in [2.24, 2.45) is 21.7 Å². The van der Waals surface area contributed by atoms with E-state index in [-0.39, 0.29) is 29.7 Å². The number of aliphatic hydroxyl groups excluding tert-OH is 1. The van der Waals surface area contributed by atoms with Crippen LogP contribution in [0.25, 0.3) is 11.0 Å². The van der Waals surface area contributed by atoms with Crippen molar-refractivity contribution in [2.75, 3.05) is 0 Å². The molecular formula is C36H42O12. The second-order valence-electron chi connectivity index (χ2n) is 16.3. The first-order chi connectivity index (χ1) is 22.1. The summed E-state index contributed by atoms with van der Waals surface area (Å²) in [6, 6.07) is 2.93. The van der Waals surface area contributed by atoms with E-state index in [9.17, 15) is 29.1 Å². The Labute approximate surface area is 277 Å². The number of carbonyl (C=O) groups excluding carboxylic acids is 4. The third-order valence-corrected chi connectivity index (χ3v) is 13.4.